The molecule has 1 atom stereocenters. The molecule has 1 aromatic rings. The third kappa shape index (κ3) is 3.55. The van der Waals surface area contributed by atoms with Crippen LogP contribution in [0.1, 0.15) is 11.1 Å². The predicted molar refractivity (Wildman–Crippen MR) is 74.8 cm³/mol. The summed E-state index contributed by atoms with van der Waals surface area (Å²) in [6.07, 6.45) is 0.482. The monoisotopic (exact) mass is 280 g/mol. The summed E-state index contributed by atoms with van der Waals surface area (Å²) in [4.78, 5) is 14.2. The van der Waals surface area contributed by atoms with Crippen molar-refractivity contribution in [2.24, 2.45) is 11.7 Å². The van der Waals surface area contributed by atoms with E-state index in [-0.39, 0.29) is 24.2 Å². The van der Waals surface area contributed by atoms with Gasteiger partial charge in [-0.1, -0.05) is 6.07 Å². The van der Waals surface area contributed by atoms with Crippen LogP contribution in [0.4, 0.5) is 4.39 Å². The molecular formula is C15H21FN2O2. The molecule has 1 heterocycles. The van der Waals surface area contributed by atoms with Gasteiger partial charge in [-0.25, -0.2) is 4.39 Å². The van der Waals surface area contributed by atoms with Gasteiger partial charge in [0.25, 0.3) is 0 Å². The molecule has 2 N–H and O–H groups in total. The Morgan fingerprint density at radius 3 is 2.80 bits per heavy atom. The molecule has 0 spiro atoms. The van der Waals surface area contributed by atoms with E-state index in [1.807, 2.05) is 6.92 Å². The molecule has 1 amide bonds. The van der Waals surface area contributed by atoms with E-state index in [2.05, 4.69) is 0 Å². The van der Waals surface area contributed by atoms with Crippen LogP contribution in [0.25, 0.3) is 0 Å². The number of carbonyl (C=O) groups is 1. The number of halogens is 1. The lowest BCUT2D eigenvalue weighted by molar-refractivity contribution is -0.139. The second kappa shape index (κ2) is 6.81. The highest BCUT2D eigenvalue weighted by molar-refractivity contribution is 5.79. The molecular weight excluding hydrogens is 259 g/mol. The molecule has 1 aliphatic rings. The van der Waals surface area contributed by atoms with Crippen molar-refractivity contribution in [3.05, 3.63) is 35.1 Å². The zero-order valence-corrected chi connectivity index (χ0v) is 11.8. The Hall–Kier alpha value is -1.46. The lowest BCUT2D eigenvalue weighted by Crippen LogP contribution is -2.46. The first-order valence-electron chi connectivity index (χ1n) is 6.93. The molecule has 1 aromatic carbocycles. The standard InChI is InChI=1S/C15H21FN2O2/c1-11-2-3-14(16)9-12(11)8-13(10-17)15(19)18-4-6-20-7-5-18/h2-3,9,13H,4-8,10,17H2,1H3. The summed E-state index contributed by atoms with van der Waals surface area (Å²) in [6.45, 7) is 4.55. The summed E-state index contributed by atoms with van der Waals surface area (Å²) >= 11 is 0. The average molecular weight is 280 g/mol. The van der Waals surface area contributed by atoms with Crippen LogP contribution in [-0.2, 0) is 16.0 Å². The zero-order valence-electron chi connectivity index (χ0n) is 11.8. The molecule has 4 nitrogen and oxygen atoms in total. The number of rotatable bonds is 4. The Bertz CT molecular complexity index is 473. The van der Waals surface area contributed by atoms with E-state index >= 15 is 0 Å². The van der Waals surface area contributed by atoms with Crippen LogP contribution < -0.4 is 5.73 Å². The normalized spacial score (nSPS) is 17.1. The summed E-state index contributed by atoms with van der Waals surface area (Å²) in [5.41, 5.74) is 7.58. The van der Waals surface area contributed by atoms with E-state index in [4.69, 9.17) is 10.5 Å². The maximum atomic E-state index is 13.3. The Morgan fingerprint density at radius 2 is 2.15 bits per heavy atom. The number of morpholine rings is 1. The van der Waals surface area contributed by atoms with Gasteiger partial charge in [0, 0.05) is 19.6 Å². The first-order chi connectivity index (χ1) is 9.61. The Balaban J connectivity index is 2.07. The number of aryl methyl sites for hydroxylation is 1. The fourth-order valence-corrected chi connectivity index (χ4v) is 2.44. The van der Waals surface area contributed by atoms with Gasteiger partial charge in [-0.05, 0) is 36.6 Å². The average Bonchev–Trinajstić information content (AvgIpc) is 2.48. The third-order valence-corrected chi connectivity index (χ3v) is 3.73. The van der Waals surface area contributed by atoms with Crippen molar-refractivity contribution in [3.63, 3.8) is 0 Å². The van der Waals surface area contributed by atoms with Crippen molar-refractivity contribution < 1.29 is 13.9 Å². The van der Waals surface area contributed by atoms with Gasteiger partial charge in [-0.3, -0.25) is 4.79 Å². The summed E-state index contributed by atoms with van der Waals surface area (Å²) < 4.78 is 18.6. The number of ether oxygens (including phenoxy) is 1. The molecule has 1 unspecified atom stereocenters. The maximum absolute atomic E-state index is 13.3. The SMILES string of the molecule is Cc1ccc(F)cc1CC(CN)C(=O)N1CCOCC1. The van der Waals surface area contributed by atoms with Crippen LogP contribution in [-0.4, -0.2) is 43.7 Å². The maximum Gasteiger partial charge on any atom is 0.227 e. The van der Waals surface area contributed by atoms with Crippen molar-refractivity contribution in [1.82, 2.24) is 4.90 Å². The van der Waals surface area contributed by atoms with Crippen LogP contribution in [0.5, 0.6) is 0 Å². The topological polar surface area (TPSA) is 55.6 Å². The minimum atomic E-state index is -0.298. The van der Waals surface area contributed by atoms with Gasteiger partial charge in [0.2, 0.25) is 5.91 Å². The van der Waals surface area contributed by atoms with Gasteiger partial charge in [0.15, 0.2) is 0 Å². The van der Waals surface area contributed by atoms with Gasteiger partial charge < -0.3 is 15.4 Å². The summed E-state index contributed by atoms with van der Waals surface area (Å²) in [5, 5.41) is 0. The molecule has 0 radical (unpaired) electrons. The Morgan fingerprint density at radius 1 is 1.45 bits per heavy atom. The van der Waals surface area contributed by atoms with Crippen LogP contribution >= 0.6 is 0 Å². The molecule has 0 aliphatic carbocycles. The molecule has 0 bridgehead atoms. The zero-order chi connectivity index (χ0) is 14.5. The van der Waals surface area contributed by atoms with Gasteiger partial charge in [-0.15, -0.1) is 0 Å². The quantitative estimate of drug-likeness (QED) is 0.899. The fourth-order valence-electron chi connectivity index (χ4n) is 2.44. The van der Waals surface area contributed by atoms with Gasteiger partial charge in [-0.2, -0.15) is 0 Å². The van der Waals surface area contributed by atoms with Gasteiger partial charge in [0.05, 0.1) is 19.1 Å². The molecule has 5 heteroatoms. The van der Waals surface area contributed by atoms with Gasteiger partial charge >= 0.3 is 0 Å². The Labute approximate surface area is 118 Å². The van der Waals surface area contributed by atoms with E-state index in [1.165, 1.54) is 12.1 Å². The second-order valence-electron chi connectivity index (χ2n) is 5.15. The molecule has 1 fully saturated rings. The summed E-state index contributed by atoms with van der Waals surface area (Å²) in [5.74, 6) is -0.534. The minimum Gasteiger partial charge on any atom is -0.378 e. The number of benzene rings is 1. The molecule has 1 aliphatic heterocycles. The summed E-state index contributed by atoms with van der Waals surface area (Å²) in [7, 11) is 0. The van der Waals surface area contributed by atoms with Crippen LogP contribution in [0.3, 0.4) is 0 Å². The van der Waals surface area contributed by atoms with E-state index in [1.54, 1.807) is 11.0 Å². The lowest BCUT2D eigenvalue weighted by Gasteiger charge is -2.30. The van der Waals surface area contributed by atoms with Crippen LogP contribution in [0, 0.1) is 18.7 Å². The van der Waals surface area contributed by atoms with E-state index in [9.17, 15) is 9.18 Å². The number of hydrogen-bond acceptors (Lipinski definition) is 3. The molecule has 1 saturated heterocycles. The van der Waals surface area contributed by atoms with Crippen molar-refractivity contribution in [2.45, 2.75) is 13.3 Å². The van der Waals surface area contributed by atoms with Crippen molar-refractivity contribution in [2.75, 3.05) is 32.8 Å². The van der Waals surface area contributed by atoms with Crippen molar-refractivity contribution in [3.8, 4) is 0 Å². The first kappa shape index (κ1) is 14.9. The highest BCUT2D eigenvalue weighted by Crippen LogP contribution is 2.17. The smallest absolute Gasteiger partial charge is 0.227 e. The number of amides is 1. The number of nitrogens with zero attached hydrogens (tertiary/aromatic N) is 1. The van der Waals surface area contributed by atoms with Crippen LogP contribution in [0.2, 0.25) is 0 Å². The number of carbonyl (C=O) groups excluding carboxylic acids is 1. The second-order valence-corrected chi connectivity index (χ2v) is 5.15. The van der Waals surface area contributed by atoms with Crippen molar-refractivity contribution >= 4 is 5.91 Å². The van der Waals surface area contributed by atoms with E-state index in [0.717, 1.165) is 11.1 Å². The molecule has 0 saturated carbocycles. The van der Waals surface area contributed by atoms with Gasteiger partial charge in [0.1, 0.15) is 5.82 Å². The lowest BCUT2D eigenvalue weighted by atomic mass is 9.94. The summed E-state index contributed by atoms with van der Waals surface area (Å²) in [6, 6.07) is 4.65. The highest BCUT2D eigenvalue weighted by Gasteiger charge is 2.25. The first-order valence-corrected chi connectivity index (χ1v) is 6.93. The molecule has 110 valence electrons. The predicted octanol–water partition coefficient (Wildman–Crippen LogP) is 1.11. The molecule has 2 rings (SSSR count). The number of nitrogens with two attached hydrogens (primary N) is 1. The van der Waals surface area contributed by atoms with Crippen LogP contribution in [0.15, 0.2) is 18.2 Å². The minimum absolute atomic E-state index is 0.0412. The number of hydrogen-bond donors (Lipinski definition) is 1. The fraction of sp³-hybridized carbons (Fsp3) is 0.533. The van der Waals surface area contributed by atoms with E-state index < -0.39 is 0 Å². The van der Waals surface area contributed by atoms with E-state index in [0.29, 0.717) is 32.7 Å². The van der Waals surface area contributed by atoms with Crippen molar-refractivity contribution in [1.29, 1.82) is 0 Å². The largest absolute Gasteiger partial charge is 0.378 e. The third-order valence-electron chi connectivity index (χ3n) is 3.73. The molecule has 20 heavy (non-hydrogen) atoms. The Kier molecular flexibility index (Phi) is 5.09. The highest BCUT2D eigenvalue weighted by atomic mass is 19.1. The molecule has 0 aromatic heterocycles.